The average molecular weight is 273 g/mol. The number of nitrogens with one attached hydrogen (secondary N) is 1. The highest BCUT2D eigenvalue weighted by molar-refractivity contribution is 5.69. The van der Waals surface area contributed by atoms with Crippen molar-refractivity contribution in [1.82, 2.24) is 5.32 Å². The Morgan fingerprint density at radius 3 is 2.53 bits per heavy atom. The normalized spacial score (nSPS) is 13.3. The van der Waals surface area contributed by atoms with Gasteiger partial charge in [0.1, 0.15) is 0 Å². The summed E-state index contributed by atoms with van der Waals surface area (Å²) in [6.45, 7) is 10.2. The Balaban J connectivity index is 3.34. The molecule has 0 spiro atoms. The molecule has 2 N–H and O–H groups in total. The predicted molar refractivity (Wildman–Crippen MR) is 78.0 cm³/mol. The molecule has 0 saturated carbocycles. The molecular weight excluding hydrogens is 242 g/mol. The molecule has 0 rings (SSSR count). The van der Waals surface area contributed by atoms with Gasteiger partial charge in [-0.2, -0.15) is 0 Å². The Labute approximate surface area is 117 Å². The minimum absolute atomic E-state index is 0.101. The Kier molecular flexibility index (Phi) is 9.88. The third kappa shape index (κ3) is 13.6. The van der Waals surface area contributed by atoms with E-state index < -0.39 is 0 Å². The Morgan fingerprint density at radius 1 is 1.26 bits per heavy atom. The van der Waals surface area contributed by atoms with E-state index in [0.29, 0.717) is 19.6 Å². The number of carbonyl (C=O) groups is 1. The lowest BCUT2D eigenvalue weighted by Crippen LogP contribution is -2.30. The largest absolute Gasteiger partial charge is 0.466 e. The molecule has 114 valence electrons. The van der Waals surface area contributed by atoms with Crippen LogP contribution in [0.4, 0.5) is 0 Å². The van der Waals surface area contributed by atoms with Crippen LogP contribution in [-0.2, 0) is 9.53 Å². The Morgan fingerprint density at radius 2 is 1.95 bits per heavy atom. The highest BCUT2D eigenvalue weighted by atomic mass is 16.5. The minimum atomic E-state index is -0.278. The van der Waals surface area contributed by atoms with Crippen molar-refractivity contribution >= 4 is 5.97 Å². The van der Waals surface area contributed by atoms with Gasteiger partial charge >= 0.3 is 5.97 Å². The smallest absolute Gasteiger partial charge is 0.305 e. The van der Waals surface area contributed by atoms with Crippen LogP contribution >= 0.6 is 0 Å². The second-order valence-electron chi connectivity index (χ2n) is 6.24. The van der Waals surface area contributed by atoms with Crippen LogP contribution in [0.3, 0.4) is 0 Å². The summed E-state index contributed by atoms with van der Waals surface area (Å²) in [5, 5.41) is 13.1. The first-order chi connectivity index (χ1) is 8.85. The molecule has 0 aliphatic carbocycles. The first-order valence-corrected chi connectivity index (χ1v) is 7.39. The van der Waals surface area contributed by atoms with E-state index in [1.54, 1.807) is 0 Å². The average Bonchev–Trinajstić information content (AvgIpc) is 2.25. The Hall–Kier alpha value is -0.610. The maximum atomic E-state index is 11.1. The SMILES string of the molecule is CCOC(=O)CCCCCNCC(O)CC(C)(C)C. The summed E-state index contributed by atoms with van der Waals surface area (Å²) >= 11 is 0. The lowest BCUT2D eigenvalue weighted by molar-refractivity contribution is -0.143. The van der Waals surface area contributed by atoms with Crippen LogP contribution in [0.2, 0.25) is 0 Å². The first-order valence-electron chi connectivity index (χ1n) is 7.39. The number of hydrogen-bond donors (Lipinski definition) is 2. The van der Waals surface area contributed by atoms with E-state index in [-0.39, 0.29) is 17.5 Å². The summed E-state index contributed by atoms with van der Waals surface area (Å²) in [6.07, 6.45) is 3.97. The van der Waals surface area contributed by atoms with E-state index in [1.165, 1.54) is 0 Å². The van der Waals surface area contributed by atoms with Gasteiger partial charge in [-0.3, -0.25) is 4.79 Å². The summed E-state index contributed by atoms with van der Waals surface area (Å²) in [7, 11) is 0. The zero-order chi connectivity index (χ0) is 14.7. The summed E-state index contributed by atoms with van der Waals surface area (Å²) < 4.78 is 4.86. The van der Waals surface area contributed by atoms with Crippen LogP contribution < -0.4 is 5.32 Å². The monoisotopic (exact) mass is 273 g/mol. The van der Waals surface area contributed by atoms with Gasteiger partial charge in [-0.15, -0.1) is 0 Å². The van der Waals surface area contributed by atoms with Gasteiger partial charge < -0.3 is 15.2 Å². The lowest BCUT2D eigenvalue weighted by atomic mass is 9.89. The molecular formula is C15H31NO3. The van der Waals surface area contributed by atoms with E-state index in [9.17, 15) is 9.90 Å². The van der Waals surface area contributed by atoms with Gasteiger partial charge in [0.2, 0.25) is 0 Å². The van der Waals surface area contributed by atoms with Crippen molar-refractivity contribution in [3.05, 3.63) is 0 Å². The highest BCUT2D eigenvalue weighted by Crippen LogP contribution is 2.20. The number of aliphatic hydroxyl groups excluding tert-OH is 1. The van der Waals surface area contributed by atoms with E-state index in [4.69, 9.17) is 4.74 Å². The molecule has 0 saturated heterocycles. The van der Waals surface area contributed by atoms with Crippen molar-refractivity contribution in [3.63, 3.8) is 0 Å². The lowest BCUT2D eigenvalue weighted by Gasteiger charge is -2.22. The number of hydrogen-bond acceptors (Lipinski definition) is 4. The predicted octanol–water partition coefficient (Wildman–Crippen LogP) is 2.50. The molecule has 1 atom stereocenters. The topological polar surface area (TPSA) is 58.6 Å². The van der Waals surface area contributed by atoms with E-state index >= 15 is 0 Å². The quantitative estimate of drug-likeness (QED) is 0.474. The van der Waals surface area contributed by atoms with E-state index in [1.807, 2.05) is 6.92 Å². The maximum Gasteiger partial charge on any atom is 0.305 e. The Bertz CT molecular complexity index is 236. The van der Waals surface area contributed by atoms with E-state index in [2.05, 4.69) is 26.1 Å². The number of rotatable bonds is 10. The fourth-order valence-corrected chi connectivity index (χ4v) is 1.98. The fourth-order valence-electron chi connectivity index (χ4n) is 1.98. The zero-order valence-corrected chi connectivity index (χ0v) is 13.0. The van der Waals surface area contributed by atoms with Gasteiger partial charge in [0.15, 0.2) is 0 Å². The summed E-state index contributed by atoms with van der Waals surface area (Å²) in [6, 6.07) is 0. The first kappa shape index (κ1) is 18.4. The van der Waals surface area contributed by atoms with Gasteiger partial charge in [-0.05, 0) is 38.1 Å². The molecule has 0 fully saturated rings. The molecule has 4 nitrogen and oxygen atoms in total. The van der Waals surface area contributed by atoms with Gasteiger partial charge in [-0.25, -0.2) is 0 Å². The highest BCUT2D eigenvalue weighted by Gasteiger charge is 2.15. The number of aliphatic hydroxyl groups is 1. The fraction of sp³-hybridized carbons (Fsp3) is 0.933. The van der Waals surface area contributed by atoms with Crippen LogP contribution in [0, 0.1) is 5.41 Å². The van der Waals surface area contributed by atoms with Crippen molar-refractivity contribution in [3.8, 4) is 0 Å². The maximum absolute atomic E-state index is 11.1. The molecule has 0 bridgehead atoms. The molecule has 1 unspecified atom stereocenters. The molecule has 4 heteroatoms. The molecule has 0 amide bonds. The molecule has 0 heterocycles. The van der Waals surface area contributed by atoms with Crippen molar-refractivity contribution in [1.29, 1.82) is 0 Å². The van der Waals surface area contributed by atoms with Crippen LogP contribution in [-0.4, -0.2) is 36.9 Å². The van der Waals surface area contributed by atoms with Crippen molar-refractivity contribution < 1.29 is 14.6 Å². The standard InChI is InChI=1S/C15H31NO3/c1-5-19-14(18)9-7-6-8-10-16-12-13(17)11-15(2,3)4/h13,16-17H,5-12H2,1-4H3. The van der Waals surface area contributed by atoms with Crippen LogP contribution in [0.5, 0.6) is 0 Å². The molecule has 0 aliphatic heterocycles. The van der Waals surface area contributed by atoms with Crippen LogP contribution in [0.25, 0.3) is 0 Å². The molecule has 0 radical (unpaired) electrons. The number of unbranched alkanes of at least 4 members (excludes halogenated alkanes) is 2. The van der Waals surface area contributed by atoms with Gasteiger partial charge in [0.05, 0.1) is 12.7 Å². The third-order valence-corrected chi connectivity index (χ3v) is 2.77. The van der Waals surface area contributed by atoms with Crippen molar-refractivity contribution in [2.45, 2.75) is 65.9 Å². The van der Waals surface area contributed by atoms with Gasteiger partial charge in [-0.1, -0.05) is 27.2 Å². The molecule has 0 aromatic heterocycles. The van der Waals surface area contributed by atoms with E-state index in [0.717, 1.165) is 32.2 Å². The zero-order valence-electron chi connectivity index (χ0n) is 13.0. The van der Waals surface area contributed by atoms with Gasteiger partial charge in [0, 0.05) is 13.0 Å². The van der Waals surface area contributed by atoms with Gasteiger partial charge in [0.25, 0.3) is 0 Å². The third-order valence-electron chi connectivity index (χ3n) is 2.77. The minimum Gasteiger partial charge on any atom is -0.466 e. The second kappa shape index (κ2) is 10.2. The van der Waals surface area contributed by atoms with Crippen molar-refractivity contribution in [2.75, 3.05) is 19.7 Å². The summed E-state index contributed by atoms with van der Waals surface area (Å²) in [4.78, 5) is 11.1. The van der Waals surface area contributed by atoms with Crippen LogP contribution in [0.1, 0.15) is 59.8 Å². The molecule has 0 aromatic rings. The summed E-state index contributed by atoms with van der Waals surface area (Å²) in [5.74, 6) is -0.101. The summed E-state index contributed by atoms with van der Waals surface area (Å²) in [5.41, 5.74) is 0.167. The number of ether oxygens (including phenoxy) is 1. The van der Waals surface area contributed by atoms with Crippen LogP contribution in [0.15, 0.2) is 0 Å². The number of carbonyl (C=O) groups excluding carboxylic acids is 1. The number of esters is 1. The second-order valence-corrected chi connectivity index (χ2v) is 6.24. The molecule has 0 aromatic carbocycles. The molecule has 19 heavy (non-hydrogen) atoms. The van der Waals surface area contributed by atoms with Crippen molar-refractivity contribution in [2.24, 2.45) is 5.41 Å². The molecule has 0 aliphatic rings.